The van der Waals surface area contributed by atoms with Crippen molar-refractivity contribution in [3.05, 3.63) is 54.0 Å². The predicted molar refractivity (Wildman–Crippen MR) is 91.1 cm³/mol. The van der Waals surface area contributed by atoms with Gasteiger partial charge >= 0.3 is 0 Å². The van der Waals surface area contributed by atoms with Gasteiger partial charge in [-0.2, -0.15) is 0 Å². The van der Waals surface area contributed by atoms with Crippen molar-refractivity contribution >= 4 is 27.7 Å². The number of hydrogen-bond donors (Lipinski definition) is 1. The summed E-state index contributed by atoms with van der Waals surface area (Å²) in [5.41, 5.74) is 1.60. The van der Waals surface area contributed by atoms with Crippen LogP contribution in [0.2, 0.25) is 0 Å². The molecule has 7 heteroatoms. The zero-order valence-electron chi connectivity index (χ0n) is 13.2. The maximum atomic E-state index is 12.4. The van der Waals surface area contributed by atoms with Crippen molar-refractivity contribution in [2.24, 2.45) is 0 Å². The summed E-state index contributed by atoms with van der Waals surface area (Å²) in [4.78, 5) is 14.2. The summed E-state index contributed by atoms with van der Waals surface area (Å²) in [5.74, 6) is 0.384. The Bertz CT molecular complexity index is 870. The third-order valence-electron chi connectivity index (χ3n) is 3.80. The van der Waals surface area contributed by atoms with Crippen LogP contribution in [0.1, 0.15) is 18.2 Å². The highest BCUT2D eigenvalue weighted by molar-refractivity contribution is 7.89. The zero-order valence-corrected chi connectivity index (χ0v) is 14.0. The molecule has 0 unspecified atom stereocenters. The van der Waals surface area contributed by atoms with Gasteiger partial charge in [-0.25, -0.2) is 13.1 Å². The van der Waals surface area contributed by atoms with Crippen molar-refractivity contribution in [1.29, 1.82) is 0 Å². The molecular weight excluding hydrogens is 328 g/mol. The molecule has 1 aromatic carbocycles. The van der Waals surface area contributed by atoms with Crippen LogP contribution >= 0.6 is 0 Å². The average molecular weight is 346 g/mol. The van der Waals surface area contributed by atoms with Crippen molar-refractivity contribution in [3.63, 3.8) is 0 Å². The van der Waals surface area contributed by atoms with E-state index in [2.05, 4.69) is 4.72 Å². The Morgan fingerprint density at radius 2 is 2.21 bits per heavy atom. The quantitative estimate of drug-likeness (QED) is 0.842. The Morgan fingerprint density at radius 1 is 1.38 bits per heavy atom. The van der Waals surface area contributed by atoms with Crippen molar-refractivity contribution < 1.29 is 17.6 Å². The Morgan fingerprint density at radius 3 is 2.92 bits per heavy atom. The molecule has 0 saturated heterocycles. The third-order valence-corrected chi connectivity index (χ3v) is 5.34. The number of benzene rings is 1. The van der Waals surface area contributed by atoms with Crippen LogP contribution in [0.3, 0.4) is 0 Å². The van der Waals surface area contributed by atoms with Crippen LogP contribution in [0, 0.1) is 0 Å². The molecular formula is C17H18N2O4S. The maximum Gasteiger partial charge on any atom is 0.251 e. The fourth-order valence-corrected chi connectivity index (χ4v) is 3.72. The standard InChI is InChI=1S/C17H18N2O4S/c1-2-18-24(21,22)15-7-5-13-9-10-19(16(13)12-15)17(20)8-6-14-4-3-11-23-14/h3-8,11-12,18H,2,9-10H2,1H3/b8-6+. The highest BCUT2D eigenvalue weighted by Crippen LogP contribution is 2.30. The van der Waals surface area contributed by atoms with Gasteiger partial charge in [-0.1, -0.05) is 13.0 Å². The summed E-state index contributed by atoms with van der Waals surface area (Å²) in [7, 11) is -3.55. The van der Waals surface area contributed by atoms with E-state index in [4.69, 9.17) is 4.42 Å². The van der Waals surface area contributed by atoms with Gasteiger partial charge in [0.1, 0.15) is 5.76 Å². The highest BCUT2D eigenvalue weighted by Gasteiger charge is 2.25. The van der Waals surface area contributed by atoms with E-state index in [1.807, 2.05) is 0 Å². The molecule has 1 aliphatic rings. The van der Waals surface area contributed by atoms with Crippen LogP contribution in [-0.2, 0) is 21.2 Å². The van der Waals surface area contributed by atoms with Gasteiger partial charge in [-0.15, -0.1) is 0 Å². The number of carbonyl (C=O) groups excluding carboxylic acids is 1. The van der Waals surface area contributed by atoms with Crippen LogP contribution in [0.15, 0.2) is 52.0 Å². The smallest absolute Gasteiger partial charge is 0.251 e. The van der Waals surface area contributed by atoms with Gasteiger partial charge in [-0.3, -0.25) is 4.79 Å². The lowest BCUT2D eigenvalue weighted by molar-refractivity contribution is -0.114. The molecule has 0 saturated carbocycles. The van der Waals surface area contributed by atoms with Crippen LogP contribution in [0.25, 0.3) is 6.08 Å². The molecule has 2 aromatic rings. The number of furan rings is 1. The van der Waals surface area contributed by atoms with Gasteiger partial charge in [-0.05, 0) is 42.3 Å². The second-order valence-corrected chi connectivity index (χ2v) is 7.15. The van der Waals surface area contributed by atoms with Crippen LogP contribution < -0.4 is 9.62 Å². The van der Waals surface area contributed by atoms with Gasteiger partial charge in [0, 0.05) is 24.9 Å². The molecule has 24 heavy (non-hydrogen) atoms. The van der Waals surface area contributed by atoms with Crippen molar-refractivity contribution in [1.82, 2.24) is 4.72 Å². The van der Waals surface area contributed by atoms with Gasteiger partial charge < -0.3 is 9.32 Å². The monoisotopic (exact) mass is 346 g/mol. The van der Waals surface area contributed by atoms with Crippen LogP contribution in [0.4, 0.5) is 5.69 Å². The predicted octanol–water partition coefficient (Wildman–Crippen LogP) is 2.18. The van der Waals surface area contributed by atoms with E-state index in [0.29, 0.717) is 31.0 Å². The number of fused-ring (bicyclic) bond motifs is 1. The van der Waals surface area contributed by atoms with E-state index in [-0.39, 0.29) is 10.8 Å². The molecule has 0 bridgehead atoms. The fourth-order valence-electron chi connectivity index (χ4n) is 2.66. The molecule has 6 nitrogen and oxygen atoms in total. The number of amides is 1. The van der Waals surface area contributed by atoms with E-state index < -0.39 is 10.0 Å². The van der Waals surface area contributed by atoms with Crippen LogP contribution in [-0.4, -0.2) is 27.4 Å². The maximum absolute atomic E-state index is 12.4. The summed E-state index contributed by atoms with van der Waals surface area (Å²) in [6, 6.07) is 8.39. The summed E-state index contributed by atoms with van der Waals surface area (Å²) < 4.78 is 31.9. The SMILES string of the molecule is CCNS(=O)(=O)c1ccc2c(c1)N(C(=O)/C=C/c1ccco1)CC2. The Balaban J connectivity index is 1.86. The topological polar surface area (TPSA) is 79.6 Å². The summed E-state index contributed by atoms with van der Waals surface area (Å²) in [5, 5.41) is 0. The van der Waals surface area contributed by atoms with Gasteiger partial charge in [0.15, 0.2) is 0 Å². The zero-order chi connectivity index (χ0) is 17.2. The first-order valence-corrected chi connectivity index (χ1v) is 9.15. The summed E-state index contributed by atoms with van der Waals surface area (Å²) in [6.45, 7) is 2.56. The molecule has 0 aliphatic carbocycles. The normalized spacial score (nSPS) is 14.3. The van der Waals surface area contributed by atoms with Gasteiger partial charge in [0.05, 0.1) is 11.2 Å². The molecule has 3 rings (SSSR count). The fraction of sp³-hybridized carbons (Fsp3) is 0.235. The number of sulfonamides is 1. The van der Waals surface area contributed by atoms with E-state index >= 15 is 0 Å². The second kappa shape index (κ2) is 6.62. The van der Waals surface area contributed by atoms with E-state index in [0.717, 1.165) is 5.56 Å². The summed E-state index contributed by atoms with van der Waals surface area (Å²) >= 11 is 0. The minimum absolute atomic E-state index is 0.165. The minimum atomic E-state index is -3.55. The molecule has 1 amide bonds. The Labute approximate surface area is 140 Å². The third kappa shape index (κ3) is 3.27. The van der Waals surface area contributed by atoms with Crippen molar-refractivity contribution in [2.45, 2.75) is 18.2 Å². The number of carbonyl (C=O) groups is 1. The molecule has 0 fully saturated rings. The molecule has 2 heterocycles. The number of nitrogens with one attached hydrogen (secondary N) is 1. The lowest BCUT2D eigenvalue weighted by atomic mass is 10.2. The first kappa shape index (κ1) is 16.5. The first-order chi connectivity index (χ1) is 11.5. The highest BCUT2D eigenvalue weighted by atomic mass is 32.2. The minimum Gasteiger partial charge on any atom is -0.465 e. The van der Waals surface area contributed by atoms with Gasteiger partial charge in [0.2, 0.25) is 10.0 Å². The lowest BCUT2D eigenvalue weighted by Gasteiger charge is -2.16. The summed E-state index contributed by atoms with van der Waals surface area (Å²) in [6.07, 6.45) is 5.27. The molecule has 1 aromatic heterocycles. The first-order valence-electron chi connectivity index (χ1n) is 7.67. The molecule has 126 valence electrons. The number of hydrogen-bond acceptors (Lipinski definition) is 4. The van der Waals surface area contributed by atoms with E-state index in [1.54, 1.807) is 48.2 Å². The Kier molecular flexibility index (Phi) is 4.55. The molecule has 1 N–H and O–H groups in total. The number of nitrogens with zero attached hydrogens (tertiary/aromatic N) is 1. The van der Waals surface area contributed by atoms with Crippen LogP contribution in [0.5, 0.6) is 0 Å². The van der Waals surface area contributed by atoms with Gasteiger partial charge in [0.25, 0.3) is 5.91 Å². The molecule has 0 spiro atoms. The second-order valence-electron chi connectivity index (χ2n) is 5.38. The lowest BCUT2D eigenvalue weighted by Crippen LogP contribution is -2.27. The largest absolute Gasteiger partial charge is 0.465 e. The molecule has 0 radical (unpaired) electrons. The molecule has 0 atom stereocenters. The molecule has 1 aliphatic heterocycles. The average Bonchev–Trinajstić information content (AvgIpc) is 3.21. The van der Waals surface area contributed by atoms with Crippen molar-refractivity contribution in [2.75, 3.05) is 18.0 Å². The number of rotatable bonds is 5. The number of anilines is 1. The Hall–Kier alpha value is -2.38. The van der Waals surface area contributed by atoms with E-state index in [1.165, 1.54) is 12.3 Å². The van der Waals surface area contributed by atoms with Crippen molar-refractivity contribution in [3.8, 4) is 0 Å². The van der Waals surface area contributed by atoms with E-state index in [9.17, 15) is 13.2 Å².